The molecule has 3 rings (SSSR count). The van der Waals surface area contributed by atoms with Crippen LogP contribution in [0.15, 0.2) is 39.9 Å². The molecule has 0 radical (unpaired) electrons. The van der Waals surface area contributed by atoms with Crippen LogP contribution in [0.1, 0.15) is 39.0 Å². The van der Waals surface area contributed by atoms with Crippen molar-refractivity contribution in [3.05, 3.63) is 51.3 Å². The number of aromatic nitrogens is 3. The first-order chi connectivity index (χ1) is 11.1. The smallest absolute Gasteiger partial charge is 0.353 e. The van der Waals surface area contributed by atoms with E-state index in [0.717, 1.165) is 4.57 Å². The molecule has 1 aliphatic carbocycles. The number of H-pyrrole nitrogens is 1. The summed E-state index contributed by atoms with van der Waals surface area (Å²) in [5, 5.41) is 3.19. The average molecular weight is 314 g/mol. The summed E-state index contributed by atoms with van der Waals surface area (Å²) in [4.78, 5) is 31.1. The zero-order chi connectivity index (χ0) is 16.2. The van der Waals surface area contributed by atoms with E-state index in [1.54, 1.807) is 24.3 Å². The molecule has 6 nitrogen and oxygen atoms in total. The average Bonchev–Trinajstić information content (AvgIpc) is 2.56. The summed E-state index contributed by atoms with van der Waals surface area (Å²) >= 11 is 0. The highest BCUT2D eigenvalue weighted by Crippen LogP contribution is 2.27. The van der Waals surface area contributed by atoms with E-state index in [9.17, 15) is 9.59 Å². The van der Waals surface area contributed by atoms with Gasteiger partial charge >= 0.3 is 11.4 Å². The summed E-state index contributed by atoms with van der Waals surface area (Å²) < 4.78 is 1.04. The third-order valence-electron chi connectivity index (χ3n) is 4.56. The zero-order valence-corrected chi connectivity index (χ0v) is 13.3. The first-order valence-corrected chi connectivity index (χ1v) is 8.20. The van der Waals surface area contributed by atoms with Crippen molar-refractivity contribution in [2.75, 3.05) is 5.32 Å². The second-order valence-corrected chi connectivity index (χ2v) is 6.18. The molecule has 23 heavy (non-hydrogen) atoms. The summed E-state index contributed by atoms with van der Waals surface area (Å²) in [6.45, 7) is 2.08. The lowest BCUT2D eigenvalue weighted by Gasteiger charge is -2.28. The van der Waals surface area contributed by atoms with Crippen LogP contribution in [0.3, 0.4) is 0 Å². The van der Waals surface area contributed by atoms with Crippen LogP contribution < -0.4 is 16.7 Å². The number of aromatic amines is 1. The van der Waals surface area contributed by atoms with Crippen molar-refractivity contribution in [1.29, 1.82) is 0 Å². The van der Waals surface area contributed by atoms with Crippen molar-refractivity contribution in [2.24, 2.45) is 5.92 Å². The van der Waals surface area contributed by atoms with E-state index >= 15 is 0 Å². The van der Waals surface area contributed by atoms with E-state index in [1.165, 1.54) is 32.1 Å². The number of nitrogens with one attached hydrogen (secondary N) is 2. The molecule has 2 N–H and O–H groups in total. The Balaban J connectivity index is 1.82. The number of benzene rings is 1. The molecule has 6 heteroatoms. The molecule has 1 heterocycles. The minimum Gasteiger partial charge on any atom is -0.353 e. The minimum atomic E-state index is -0.571. The Bertz CT molecular complexity index is 729. The molecule has 2 aromatic rings. The number of hydrogen-bond donors (Lipinski definition) is 2. The van der Waals surface area contributed by atoms with E-state index in [2.05, 4.69) is 22.2 Å². The highest BCUT2D eigenvalue weighted by molar-refractivity contribution is 5.32. The molecule has 0 unspecified atom stereocenters. The van der Waals surface area contributed by atoms with E-state index in [1.807, 2.05) is 6.07 Å². The summed E-state index contributed by atoms with van der Waals surface area (Å²) in [7, 11) is 0. The third-order valence-corrected chi connectivity index (χ3v) is 4.56. The Morgan fingerprint density at radius 1 is 1.17 bits per heavy atom. The molecule has 1 aliphatic rings. The molecule has 1 saturated carbocycles. The molecule has 0 amide bonds. The lowest BCUT2D eigenvalue weighted by Crippen LogP contribution is -2.38. The van der Waals surface area contributed by atoms with E-state index < -0.39 is 11.4 Å². The second-order valence-electron chi connectivity index (χ2n) is 6.18. The van der Waals surface area contributed by atoms with Crippen LogP contribution in [0.2, 0.25) is 0 Å². The van der Waals surface area contributed by atoms with Gasteiger partial charge in [-0.2, -0.15) is 4.98 Å². The highest BCUT2D eigenvalue weighted by Gasteiger charge is 2.20. The Hall–Kier alpha value is -2.37. The monoisotopic (exact) mass is 314 g/mol. The molecule has 1 fully saturated rings. The Morgan fingerprint density at radius 3 is 2.52 bits per heavy atom. The zero-order valence-electron chi connectivity index (χ0n) is 13.3. The van der Waals surface area contributed by atoms with Crippen LogP contribution in [0, 0.1) is 5.92 Å². The van der Waals surface area contributed by atoms with Crippen molar-refractivity contribution in [1.82, 2.24) is 14.5 Å². The Labute approximate surface area is 134 Å². The molecule has 1 aromatic heterocycles. The maximum atomic E-state index is 12.2. The SMILES string of the molecule is C[C@H](Nc1nc(=O)n(-c2ccccc2)c(=O)[nH]1)C1CCCCC1. The van der Waals surface area contributed by atoms with Gasteiger partial charge in [0.05, 0.1) is 5.69 Å². The fourth-order valence-electron chi connectivity index (χ4n) is 3.26. The Kier molecular flexibility index (Phi) is 4.60. The first-order valence-electron chi connectivity index (χ1n) is 8.20. The van der Waals surface area contributed by atoms with Crippen molar-refractivity contribution in [3.8, 4) is 5.69 Å². The van der Waals surface area contributed by atoms with Crippen LogP contribution in [-0.2, 0) is 0 Å². The molecule has 1 aromatic carbocycles. The lowest BCUT2D eigenvalue weighted by molar-refractivity contribution is 0.327. The fourth-order valence-corrected chi connectivity index (χ4v) is 3.26. The minimum absolute atomic E-state index is 0.186. The standard InChI is InChI=1S/C17H22N4O2/c1-12(13-8-4-2-5-9-13)18-15-19-16(22)21(17(23)20-15)14-10-6-3-7-11-14/h3,6-7,10-13H,2,4-5,8-9H2,1H3,(H2,18,19,20,22,23)/t12-/m0/s1. The topological polar surface area (TPSA) is 79.8 Å². The molecule has 0 saturated heterocycles. The van der Waals surface area contributed by atoms with E-state index in [4.69, 9.17) is 0 Å². The van der Waals surface area contributed by atoms with Crippen LogP contribution >= 0.6 is 0 Å². The summed E-state index contributed by atoms with van der Waals surface area (Å²) in [6, 6.07) is 8.98. The van der Waals surface area contributed by atoms with Gasteiger partial charge in [0.1, 0.15) is 0 Å². The largest absolute Gasteiger partial charge is 0.359 e. The molecule has 0 spiro atoms. The predicted octanol–water partition coefficient (Wildman–Crippen LogP) is 2.30. The van der Waals surface area contributed by atoms with Gasteiger partial charge < -0.3 is 5.32 Å². The maximum absolute atomic E-state index is 12.2. The van der Waals surface area contributed by atoms with Gasteiger partial charge in [0, 0.05) is 6.04 Å². The number of hydrogen-bond acceptors (Lipinski definition) is 4. The summed E-state index contributed by atoms with van der Waals surface area (Å²) in [6.07, 6.45) is 6.15. The van der Waals surface area contributed by atoms with E-state index in [-0.39, 0.29) is 12.0 Å². The molecular formula is C17H22N4O2. The molecule has 1 atom stereocenters. The van der Waals surface area contributed by atoms with Crippen molar-refractivity contribution >= 4 is 5.95 Å². The number of para-hydroxylation sites is 1. The quantitative estimate of drug-likeness (QED) is 0.907. The van der Waals surface area contributed by atoms with Gasteiger partial charge in [0.15, 0.2) is 0 Å². The van der Waals surface area contributed by atoms with Crippen molar-refractivity contribution in [2.45, 2.75) is 45.1 Å². The first kappa shape index (κ1) is 15.5. The predicted molar refractivity (Wildman–Crippen MR) is 90.1 cm³/mol. The van der Waals surface area contributed by atoms with Crippen LogP contribution in [0.4, 0.5) is 5.95 Å². The van der Waals surface area contributed by atoms with Gasteiger partial charge in [-0.3, -0.25) is 4.98 Å². The normalized spacial score (nSPS) is 16.9. The number of nitrogens with zero attached hydrogens (tertiary/aromatic N) is 2. The van der Waals surface area contributed by atoms with Crippen molar-refractivity contribution in [3.63, 3.8) is 0 Å². The molecule has 122 valence electrons. The van der Waals surface area contributed by atoms with Crippen LogP contribution in [0.25, 0.3) is 5.69 Å². The van der Waals surface area contributed by atoms with E-state index in [0.29, 0.717) is 11.6 Å². The van der Waals surface area contributed by atoms with Gasteiger partial charge in [-0.05, 0) is 37.8 Å². The highest BCUT2D eigenvalue weighted by atomic mass is 16.2. The van der Waals surface area contributed by atoms with Crippen LogP contribution in [-0.4, -0.2) is 20.6 Å². The second kappa shape index (κ2) is 6.81. The van der Waals surface area contributed by atoms with Gasteiger partial charge in [-0.15, -0.1) is 0 Å². The third kappa shape index (κ3) is 3.52. The summed E-state index contributed by atoms with van der Waals surface area (Å²) in [5.74, 6) is 0.816. The molecule has 0 bridgehead atoms. The Morgan fingerprint density at radius 2 is 1.87 bits per heavy atom. The van der Waals surface area contributed by atoms with Crippen LogP contribution in [0.5, 0.6) is 0 Å². The van der Waals surface area contributed by atoms with Crippen molar-refractivity contribution < 1.29 is 0 Å². The van der Waals surface area contributed by atoms with Gasteiger partial charge in [-0.1, -0.05) is 37.5 Å². The fraction of sp³-hybridized carbons (Fsp3) is 0.471. The molecule has 0 aliphatic heterocycles. The maximum Gasteiger partial charge on any atom is 0.359 e. The van der Waals surface area contributed by atoms with Gasteiger partial charge in [-0.25, -0.2) is 14.2 Å². The molecular weight excluding hydrogens is 292 g/mol. The summed E-state index contributed by atoms with van der Waals surface area (Å²) in [5.41, 5.74) is -0.536. The number of anilines is 1. The number of rotatable bonds is 4. The lowest BCUT2D eigenvalue weighted by atomic mass is 9.85. The van der Waals surface area contributed by atoms with Gasteiger partial charge in [0.25, 0.3) is 0 Å². The van der Waals surface area contributed by atoms with Gasteiger partial charge in [0.2, 0.25) is 5.95 Å².